The molecule has 0 saturated carbocycles. The summed E-state index contributed by atoms with van der Waals surface area (Å²) in [6, 6.07) is 56.7. The van der Waals surface area contributed by atoms with Gasteiger partial charge in [0.15, 0.2) is 5.82 Å². The van der Waals surface area contributed by atoms with Crippen molar-refractivity contribution in [1.82, 2.24) is 15.0 Å². The monoisotopic (exact) mass is 625 g/mol. The smallest absolute Gasteiger partial charge is 0.160 e. The van der Waals surface area contributed by atoms with Crippen LogP contribution in [-0.2, 0) is 0 Å². The topological polar surface area (TPSA) is 51.8 Å². The van der Waals surface area contributed by atoms with Crippen LogP contribution in [0.1, 0.15) is 0 Å². The highest BCUT2D eigenvalue weighted by atomic mass is 16.3. The Bertz CT molecular complexity index is 2860. The van der Waals surface area contributed by atoms with Crippen LogP contribution in [0.25, 0.3) is 99.5 Å². The third-order valence-electron chi connectivity index (χ3n) is 9.49. The molecule has 49 heavy (non-hydrogen) atoms. The molecular weight excluding hydrogens is 599 g/mol. The van der Waals surface area contributed by atoms with Gasteiger partial charge in [-0.2, -0.15) is 0 Å². The second-order valence-corrected chi connectivity index (χ2v) is 12.4. The van der Waals surface area contributed by atoms with Gasteiger partial charge in [0.25, 0.3) is 0 Å². The van der Waals surface area contributed by atoms with E-state index >= 15 is 0 Å². The quantitative estimate of drug-likeness (QED) is 0.183. The molecule has 4 nitrogen and oxygen atoms in total. The Balaban J connectivity index is 1.07. The summed E-state index contributed by atoms with van der Waals surface area (Å²) in [5, 5.41) is 6.46. The van der Waals surface area contributed by atoms with Crippen molar-refractivity contribution >= 4 is 54.5 Å². The molecule has 10 rings (SSSR count). The van der Waals surface area contributed by atoms with E-state index in [9.17, 15) is 0 Å². The second-order valence-electron chi connectivity index (χ2n) is 12.4. The van der Waals surface area contributed by atoms with Gasteiger partial charge in [-0.25, -0.2) is 15.0 Å². The lowest BCUT2D eigenvalue weighted by molar-refractivity contribution is 0.672. The summed E-state index contributed by atoms with van der Waals surface area (Å²) in [5.41, 5.74) is 10.8. The highest BCUT2D eigenvalue weighted by Crippen LogP contribution is 2.41. The molecule has 0 aliphatic carbocycles. The molecular formula is C45H27N3O. The van der Waals surface area contributed by atoms with E-state index in [4.69, 9.17) is 19.4 Å². The summed E-state index contributed by atoms with van der Waals surface area (Å²) in [4.78, 5) is 15.3. The first-order valence-electron chi connectivity index (χ1n) is 16.4. The van der Waals surface area contributed by atoms with Crippen LogP contribution in [0, 0.1) is 0 Å². The van der Waals surface area contributed by atoms with Crippen molar-refractivity contribution in [3.8, 4) is 45.0 Å². The van der Waals surface area contributed by atoms with E-state index in [1.54, 1.807) is 0 Å². The summed E-state index contributed by atoms with van der Waals surface area (Å²) in [6.07, 6.45) is 0. The van der Waals surface area contributed by atoms with Crippen LogP contribution in [-0.4, -0.2) is 15.0 Å². The molecule has 0 bridgehead atoms. The zero-order valence-corrected chi connectivity index (χ0v) is 26.3. The highest BCUT2D eigenvalue weighted by molar-refractivity contribution is 6.22. The maximum Gasteiger partial charge on any atom is 0.160 e. The number of aromatic nitrogens is 3. The van der Waals surface area contributed by atoms with Gasteiger partial charge in [-0.3, -0.25) is 0 Å². The molecule has 0 amide bonds. The van der Waals surface area contributed by atoms with Crippen molar-refractivity contribution in [2.45, 2.75) is 0 Å². The predicted octanol–water partition coefficient (Wildman–Crippen LogP) is 11.9. The van der Waals surface area contributed by atoms with Crippen molar-refractivity contribution < 1.29 is 4.42 Å². The number of hydrogen-bond donors (Lipinski definition) is 0. The van der Waals surface area contributed by atoms with Gasteiger partial charge in [-0.1, -0.05) is 146 Å². The fourth-order valence-corrected chi connectivity index (χ4v) is 7.06. The molecule has 3 aromatic heterocycles. The fourth-order valence-electron chi connectivity index (χ4n) is 7.06. The Hall–Kier alpha value is -6.65. The first kappa shape index (κ1) is 27.5. The minimum absolute atomic E-state index is 0.726. The number of pyridine rings is 1. The minimum atomic E-state index is 0.726. The number of nitrogens with zero attached hydrogens (tertiary/aromatic N) is 3. The van der Waals surface area contributed by atoms with Crippen LogP contribution in [0.15, 0.2) is 168 Å². The average molecular weight is 626 g/mol. The van der Waals surface area contributed by atoms with E-state index in [2.05, 4.69) is 121 Å². The molecule has 4 heteroatoms. The lowest BCUT2D eigenvalue weighted by Gasteiger charge is -2.11. The summed E-state index contributed by atoms with van der Waals surface area (Å²) in [7, 11) is 0. The molecule has 0 saturated heterocycles. The van der Waals surface area contributed by atoms with E-state index in [-0.39, 0.29) is 0 Å². The van der Waals surface area contributed by atoms with Crippen molar-refractivity contribution in [3.63, 3.8) is 0 Å². The normalized spacial score (nSPS) is 11.7. The lowest BCUT2D eigenvalue weighted by Crippen LogP contribution is -1.95. The molecule has 0 unspecified atom stereocenters. The van der Waals surface area contributed by atoms with Crippen LogP contribution in [0.3, 0.4) is 0 Å². The average Bonchev–Trinajstić information content (AvgIpc) is 3.58. The SMILES string of the molecule is c1ccc(-c2nc(-c3ccc(-c4ccc(-c5nc6c7ccccc7ccc6c6oc7ccccc7c56)cc4)cc3)c3ccccc3n2)cc1. The lowest BCUT2D eigenvalue weighted by atomic mass is 9.97. The molecule has 0 fully saturated rings. The van der Waals surface area contributed by atoms with Crippen molar-refractivity contribution in [3.05, 3.63) is 164 Å². The van der Waals surface area contributed by atoms with E-state index in [1.165, 1.54) is 0 Å². The minimum Gasteiger partial charge on any atom is -0.455 e. The Morgan fingerprint density at radius 3 is 1.76 bits per heavy atom. The van der Waals surface area contributed by atoms with Gasteiger partial charge in [0.1, 0.15) is 11.2 Å². The van der Waals surface area contributed by atoms with Crippen LogP contribution >= 0.6 is 0 Å². The first-order chi connectivity index (χ1) is 24.3. The summed E-state index contributed by atoms with van der Waals surface area (Å²) < 4.78 is 6.53. The summed E-state index contributed by atoms with van der Waals surface area (Å²) >= 11 is 0. The molecule has 0 spiro atoms. The van der Waals surface area contributed by atoms with E-state index in [0.717, 1.165) is 99.5 Å². The summed E-state index contributed by atoms with van der Waals surface area (Å²) in [5.74, 6) is 0.726. The predicted molar refractivity (Wildman–Crippen MR) is 201 cm³/mol. The van der Waals surface area contributed by atoms with Crippen molar-refractivity contribution in [2.24, 2.45) is 0 Å². The first-order valence-corrected chi connectivity index (χ1v) is 16.4. The zero-order valence-electron chi connectivity index (χ0n) is 26.3. The van der Waals surface area contributed by atoms with E-state index in [0.29, 0.717) is 0 Å². The third-order valence-corrected chi connectivity index (χ3v) is 9.49. The highest BCUT2D eigenvalue weighted by Gasteiger charge is 2.19. The maximum atomic E-state index is 6.53. The molecule has 0 radical (unpaired) electrons. The fraction of sp³-hybridized carbons (Fsp3) is 0. The van der Waals surface area contributed by atoms with E-state index in [1.807, 2.05) is 42.5 Å². The number of benzene rings is 7. The Labute approximate surface area is 282 Å². The van der Waals surface area contributed by atoms with Crippen LogP contribution < -0.4 is 0 Å². The molecule has 7 aromatic carbocycles. The number of fused-ring (bicyclic) bond motifs is 8. The Kier molecular flexibility index (Phi) is 6.15. The zero-order chi connectivity index (χ0) is 32.3. The van der Waals surface area contributed by atoms with Gasteiger partial charge < -0.3 is 4.42 Å². The number of rotatable bonds is 4. The Morgan fingerprint density at radius 1 is 0.367 bits per heavy atom. The third kappa shape index (κ3) is 4.49. The van der Waals surface area contributed by atoms with Crippen molar-refractivity contribution in [1.29, 1.82) is 0 Å². The van der Waals surface area contributed by atoms with Gasteiger partial charge in [0, 0.05) is 38.2 Å². The largest absolute Gasteiger partial charge is 0.455 e. The summed E-state index contributed by atoms with van der Waals surface area (Å²) in [6.45, 7) is 0. The number of hydrogen-bond acceptors (Lipinski definition) is 4. The second kappa shape index (κ2) is 11.0. The van der Waals surface area contributed by atoms with Gasteiger partial charge in [-0.15, -0.1) is 0 Å². The van der Waals surface area contributed by atoms with Gasteiger partial charge in [-0.05, 0) is 34.7 Å². The molecule has 3 heterocycles. The van der Waals surface area contributed by atoms with Crippen LogP contribution in [0.4, 0.5) is 0 Å². The van der Waals surface area contributed by atoms with E-state index < -0.39 is 0 Å². The Morgan fingerprint density at radius 2 is 0.980 bits per heavy atom. The molecule has 10 aromatic rings. The van der Waals surface area contributed by atoms with Crippen molar-refractivity contribution in [2.75, 3.05) is 0 Å². The standard InChI is InChI=1S/C45H27N3O/c1-2-11-33(12-3-1)45-46-38-16-8-6-14-35(38)41(48-45)31-22-18-28(19-23-31)29-20-24-32(25-21-29)42-40-36-15-7-9-17-39(36)49-44(40)37-27-26-30-10-4-5-13-34(30)43(37)47-42/h1-27H. The molecule has 228 valence electrons. The number of furan rings is 1. The van der Waals surface area contributed by atoms with Crippen LogP contribution in [0.2, 0.25) is 0 Å². The van der Waals surface area contributed by atoms with Crippen LogP contribution in [0.5, 0.6) is 0 Å². The molecule has 0 aliphatic rings. The molecule has 0 atom stereocenters. The molecule has 0 aliphatic heterocycles. The van der Waals surface area contributed by atoms with Gasteiger partial charge >= 0.3 is 0 Å². The van der Waals surface area contributed by atoms with Gasteiger partial charge in [0.05, 0.1) is 27.8 Å². The maximum absolute atomic E-state index is 6.53. The van der Waals surface area contributed by atoms with Gasteiger partial charge in [0.2, 0.25) is 0 Å². The number of para-hydroxylation sites is 2. The molecule has 0 N–H and O–H groups in total.